The van der Waals surface area contributed by atoms with E-state index in [0.29, 0.717) is 25.8 Å². The topological polar surface area (TPSA) is 52.0 Å². The summed E-state index contributed by atoms with van der Waals surface area (Å²) in [5.41, 5.74) is 4.44. The van der Waals surface area contributed by atoms with Gasteiger partial charge in [-0.15, -0.1) is 0 Å². The Morgan fingerprint density at radius 2 is 1.79 bits per heavy atom. The van der Waals surface area contributed by atoms with E-state index in [2.05, 4.69) is 37.4 Å². The van der Waals surface area contributed by atoms with E-state index >= 15 is 0 Å². The normalized spacial score (nSPS) is 21.2. The number of hydrogen-bond donors (Lipinski definition) is 2. The van der Waals surface area contributed by atoms with E-state index in [-0.39, 0.29) is 5.91 Å². The van der Waals surface area contributed by atoms with Crippen LogP contribution in [0.3, 0.4) is 0 Å². The average Bonchev–Trinajstić information content (AvgIpc) is 2.96. The highest BCUT2D eigenvalue weighted by molar-refractivity contribution is 5.91. The van der Waals surface area contributed by atoms with Crippen molar-refractivity contribution in [2.45, 2.75) is 39.2 Å². The minimum atomic E-state index is 0.0706. The van der Waals surface area contributed by atoms with Crippen molar-refractivity contribution in [1.82, 2.24) is 0 Å². The zero-order valence-electron chi connectivity index (χ0n) is 16.7. The second-order valence-corrected chi connectivity index (χ2v) is 7.96. The lowest BCUT2D eigenvalue weighted by Gasteiger charge is -2.22. The van der Waals surface area contributed by atoms with Crippen molar-refractivity contribution in [3.8, 4) is 11.5 Å². The van der Waals surface area contributed by atoms with Gasteiger partial charge in [-0.25, -0.2) is 0 Å². The SMILES string of the molecule is Cc1cc(C)cc(NC(=O)C[NH+]2CCC[C@@H]2c2ccc3c(c2)OCCCO3)c1. The molecule has 148 valence electrons. The Labute approximate surface area is 166 Å². The summed E-state index contributed by atoms with van der Waals surface area (Å²) in [6, 6.07) is 12.7. The third-order valence-electron chi connectivity index (χ3n) is 5.55. The molecule has 2 N–H and O–H groups in total. The van der Waals surface area contributed by atoms with Crippen LogP contribution in [0.2, 0.25) is 0 Å². The van der Waals surface area contributed by atoms with E-state index in [1.54, 1.807) is 0 Å². The molecule has 28 heavy (non-hydrogen) atoms. The van der Waals surface area contributed by atoms with Crippen LogP contribution in [0.1, 0.15) is 42.0 Å². The minimum Gasteiger partial charge on any atom is -0.490 e. The molecule has 1 unspecified atom stereocenters. The summed E-state index contributed by atoms with van der Waals surface area (Å²) >= 11 is 0. The molecule has 0 spiro atoms. The summed E-state index contributed by atoms with van der Waals surface area (Å²) in [4.78, 5) is 14.0. The van der Waals surface area contributed by atoms with E-state index in [9.17, 15) is 4.79 Å². The predicted molar refractivity (Wildman–Crippen MR) is 109 cm³/mol. The summed E-state index contributed by atoms with van der Waals surface area (Å²) in [5, 5.41) is 3.08. The van der Waals surface area contributed by atoms with Crippen LogP contribution in [0.5, 0.6) is 11.5 Å². The van der Waals surface area contributed by atoms with Gasteiger partial charge in [-0.1, -0.05) is 6.07 Å². The highest BCUT2D eigenvalue weighted by Gasteiger charge is 2.32. The first-order valence-corrected chi connectivity index (χ1v) is 10.2. The number of carbonyl (C=O) groups excluding carboxylic acids is 1. The maximum atomic E-state index is 12.7. The number of amides is 1. The fourth-order valence-corrected chi connectivity index (χ4v) is 4.38. The molecule has 0 aliphatic carbocycles. The van der Waals surface area contributed by atoms with Gasteiger partial charge in [-0.2, -0.15) is 0 Å². The van der Waals surface area contributed by atoms with E-state index in [1.807, 2.05) is 18.2 Å². The van der Waals surface area contributed by atoms with Crippen molar-refractivity contribution < 1.29 is 19.2 Å². The van der Waals surface area contributed by atoms with Crippen molar-refractivity contribution in [3.05, 3.63) is 53.1 Å². The van der Waals surface area contributed by atoms with Crippen LogP contribution in [0.15, 0.2) is 36.4 Å². The van der Waals surface area contributed by atoms with E-state index in [0.717, 1.165) is 54.1 Å². The number of anilines is 1. The largest absolute Gasteiger partial charge is 0.490 e. The Balaban J connectivity index is 1.45. The van der Waals surface area contributed by atoms with Gasteiger partial charge in [-0.05, 0) is 55.3 Å². The van der Waals surface area contributed by atoms with Crippen molar-refractivity contribution >= 4 is 11.6 Å². The fraction of sp³-hybridized carbons (Fsp3) is 0.435. The number of aryl methyl sites for hydroxylation is 2. The third-order valence-corrected chi connectivity index (χ3v) is 5.55. The van der Waals surface area contributed by atoms with Gasteiger partial charge in [0.05, 0.1) is 19.8 Å². The molecule has 0 aromatic heterocycles. The standard InChI is InChI=1S/C23H28N2O3/c1-16-11-17(2)13-19(12-16)24-23(26)15-25-8-3-5-20(25)18-6-7-21-22(14-18)28-10-4-9-27-21/h6-7,11-14,20H,3-5,8-10,15H2,1-2H3,(H,24,26)/p+1/t20-/m1/s1. The lowest BCUT2D eigenvalue weighted by atomic mass is 10.0. The van der Waals surface area contributed by atoms with E-state index in [1.165, 1.54) is 10.5 Å². The zero-order chi connectivity index (χ0) is 19.5. The Morgan fingerprint density at radius 3 is 2.57 bits per heavy atom. The van der Waals surface area contributed by atoms with Crippen LogP contribution >= 0.6 is 0 Å². The molecule has 5 nitrogen and oxygen atoms in total. The van der Waals surface area contributed by atoms with Crippen molar-refractivity contribution in [1.29, 1.82) is 0 Å². The van der Waals surface area contributed by atoms with Gasteiger partial charge < -0.3 is 19.7 Å². The van der Waals surface area contributed by atoms with Gasteiger partial charge in [-0.3, -0.25) is 4.79 Å². The first-order valence-electron chi connectivity index (χ1n) is 10.2. The fourth-order valence-electron chi connectivity index (χ4n) is 4.38. The molecule has 2 aliphatic heterocycles. The Hall–Kier alpha value is -2.53. The number of ether oxygens (including phenoxy) is 2. The summed E-state index contributed by atoms with van der Waals surface area (Å²) in [6.07, 6.45) is 3.13. The molecule has 2 aromatic carbocycles. The monoisotopic (exact) mass is 381 g/mol. The highest BCUT2D eigenvalue weighted by atomic mass is 16.5. The molecule has 0 saturated carbocycles. The summed E-state index contributed by atoms with van der Waals surface area (Å²) in [7, 11) is 0. The van der Waals surface area contributed by atoms with Gasteiger partial charge in [0.25, 0.3) is 5.91 Å². The van der Waals surface area contributed by atoms with Gasteiger partial charge in [0, 0.05) is 30.5 Å². The quantitative estimate of drug-likeness (QED) is 0.856. The first-order chi connectivity index (χ1) is 13.6. The Kier molecular flexibility index (Phi) is 5.53. The highest BCUT2D eigenvalue weighted by Crippen LogP contribution is 2.33. The molecule has 2 aliphatic rings. The maximum absolute atomic E-state index is 12.7. The van der Waals surface area contributed by atoms with Crippen molar-refractivity contribution in [2.24, 2.45) is 0 Å². The third kappa shape index (κ3) is 4.30. The van der Waals surface area contributed by atoms with Crippen LogP contribution in [0.4, 0.5) is 5.69 Å². The number of rotatable bonds is 4. The van der Waals surface area contributed by atoms with Crippen LogP contribution < -0.4 is 19.7 Å². The van der Waals surface area contributed by atoms with E-state index in [4.69, 9.17) is 9.47 Å². The molecule has 2 heterocycles. The summed E-state index contributed by atoms with van der Waals surface area (Å²) in [6.45, 7) is 6.98. The summed E-state index contributed by atoms with van der Waals surface area (Å²) in [5.74, 6) is 1.73. The second kappa shape index (κ2) is 8.23. The number of likely N-dealkylation sites (tertiary alicyclic amines) is 1. The molecule has 0 radical (unpaired) electrons. The molecular weight excluding hydrogens is 352 g/mol. The molecular formula is C23H29N2O3+. The molecule has 1 saturated heterocycles. The number of hydrogen-bond acceptors (Lipinski definition) is 3. The molecule has 1 fully saturated rings. The van der Waals surface area contributed by atoms with E-state index < -0.39 is 0 Å². The van der Waals surface area contributed by atoms with Crippen LogP contribution in [-0.4, -0.2) is 32.2 Å². The second-order valence-electron chi connectivity index (χ2n) is 7.96. The van der Waals surface area contributed by atoms with Crippen molar-refractivity contribution in [3.63, 3.8) is 0 Å². The molecule has 2 aromatic rings. The molecule has 5 heteroatoms. The number of carbonyl (C=O) groups is 1. The van der Waals surface area contributed by atoms with Crippen molar-refractivity contribution in [2.75, 3.05) is 31.6 Å². The molecule has 2 atom stereocenters. The molecule has 0 bridgehead atoms. The molecule has 1 amide bonds. The Bertz CT molecular complexity index is 845. The number of fused-ring (bicyclic) bond motifs is 1. The average molecular weight is 381 g/mol. The number of nitrogens with one attached hydrogen (secondary N) is 2. The lowest BCUT2D eigenvalue weighted by Crippen LogP contribution is -3.11. The first kappa shape index (κ1) is 18.8. The van der Waals surface area contributed by atoms with Crippen LogP contribution in [0, 0.1) is 13.8 Å². The summed E-state index contributed by atoms with van der Waals surface area (Å²) < 4.78 is 11.6. The number of benzene rings is 2. The Morgan fingerprint density at radius 1 is 1.04 bits per heavy atom. The van der Waals surface area contributed by atoms with Crippen LogP contribution in [-0.2, 0) is 4.79 Å². The lowest BCUT2D eigenvalue weighted by molar-refractivity contribution is -0.910. The van der Waals surface area contributed by atoms with Crippen LogP contribution in [0.25, 0.3) is 0 Å². The van der Waals surface area contributed by atoms with Gasteiger partial charge >= 0.3 is 0 Å². The van der Waals surface area contributed by atoms with Gasteiger partial charge in [0.2, 0.25) is 0 Å². The van der Waals surface area contributed by atoms with Gasteiger partial charge in [0.15, 0.2) is 18.0 Å². The minimum absolute atomic E-state index is 0.0706. The number of quaternary nitrogens is 1. The molecule has 4 rings (SSSR count). The smallest absolute Gasteiger partial charge is 0.279 e. The maximum Gasteiger partial charge on any atom is 0.279 e. The zero-order valence-corrected chi connectivity index (χ0v) is 16.7. The predicted octanol–water partition coefficient (Wildman–Crippen LogP) is 2.82. The van der Waals surface area contributed by atoms with Gasteiger partial charge in [0.1, 0.15) is 6.04 Å².